The van der Waals surface area contributed by atoms with E-state index in [1.807, 2.05) is 12.1 Å². The highest BCUT2D eigenvalue weighted by Gasteiger charge is 2.13. The molecule has 3 N–H and O–H groups in total. The van der Waals surface area contributed by atoms with Crippen molar-refractivity contribution in [3.8, 4) is 0 Å². The first-order valence-electron chi connectivity index (χ1n) is 6.09. The molecule has 6 heteroatoms. The minimum Gasteiger partial charge on any atom is -0.330 e. The molecular formula is C14H15FN2O2S. The van der Waals surface area contributed by atoms with Crippen LogP contribution in [0.2, 0.25) is 0 Å². The minimum absolute atomic E-state index is 0.0185. The second-order valence-corrected chi connectivity index (χ2v) is 5.98. The molecule has 0 radical (unpaired) electrons. The molecule has 0 fully saturated rings. The first-order chi connectivity index (χ1) is 9.51. The quantitative estimate of drug-likeness (QED) is 0.887. The Kier molecular flexibility index (Phi) is 4.36. The summed E-state index contributed by atoms with van der Waals surface area (Å²) in [6.45, 7) is 0.542. The monoisotopic (exact) mass is 294 g/mol. The standard InChI is InChI=1S/C14H15FN2O2S/c15-12-3-7-14(8-4-12)20(18,19)17-13-5-1-11(2-6-13)9-10-16/h1-8,17H,9-10,16H2. The van der Waals surface area contributed by atoms with E-state index in [9.17, 15) is 12.8 Å². The van der Waals surface area contributed by atoms with Crippen molar-refractivity contribution in [3.05, 3.63) is 59.9 Å². The van der Waals surface area contributed by atoms with Gasteiger partial charge in [-0.15, -0.1) is 0 Å². The number of nitrogens with two attached hydrogens (primary N) is 1. The van der Waals surface area contributed by atoms with Gasteiger partial charge >= 0.3 is 0 Å². The molecule has 2 aromatic rings. The average molecular weight is 294 g/mol. The third-order valence-corrected chi connectivity index (χ3v) is 4.16. The van der Waals surface area contributed by atoms with Crippen LogP contribution in [0.1, 0.15) is 5.56 Å². The summed E-state index contributed by atoms with van der Waals surface area (Å²) in [4.78, 5) is 0.0185. The van der Waals surface area contributed by atoms with Gasteiger partial charge in [-0.2, -0.15) is 0 Å². The molecule has 0 aromatic heterocycles. The van der Waals surface area contributed by atoms with E-state index in [4.69, 9.17) is 5.73 Å². The van der Waals surface area contributed by atoms with E-state index in [1.165, 1.54) is 12.1 Å². The Morgan fingerprint density at radius 1 is 1.00 bits per heavy atom. The lowest BCUT2D eigenvalue weighted by atomic mass is 10.1. The smallest absolute Gasteiger partial charge is 0.261 e. The zero-order chi connectivity index (χ0) is 14.6. The van der Waals surface area contributed by atoms with Gasteiger partial charge in [0.2, 0.25) is 0 Å². The number of benzene rings is 2. The molecule has 0 unspecified atom stereocenters. The summed E-state index contributed by atoms with van der Waals surface area (Å²) >= 11 is 0. The highest BCUT2D eigenvalue weighted by atomic mass is 32.2. The van der Waals surface area contributed by atoms with Gasteiger partial charge < -0.3 is 5.73 Å². The Balaban J connectivity index is 2.17. The first-order valence-corrected chi connectivity index (χ1v) is 7.57. The van der Waals surface area contributed by atoms with E-state index in [-0.39, 0.29) is 4.90 Å². The van der Waals surface area contributed by atoms with Gasteiger partial charge in [-0.3, -0.25) is 4.72 Å². The number of halogens is 1. The van der Waals surface area contributed by atoms with Gasteiger partial charge in [0.25, 0.3) is 10.0 Å². The third kappa shape index (κ3) is 3.55. The Hall–Kier alpha value is -1.92. The summed E-state index contributed by atoms with van der Waals surface area (Å²) in [5.41, 5.74) is 6.94. The van der Waals surface area contributed by atoms with Gasteiger partial charge in [-0.1, -0.05) is 12.1 Å². The Morgan fingerprint density at radius 3 is 2.15 bits per heavy atom. The predicted octanol–water partition coefficient (Wildman–Crippen LogP) is 2.13. The van der Waals surface area contributed by atoms with Crippen molar-refractivity contribution in [1.29, 1.82) is 0 Å². The summed E-state index contributed by atoms with van der Waals surface area (Å²) in [6, 6.07) is 11.6. The predicted molar refractivity (Wildman–Crippen MR) is 76.4 cm³/mol. The number of hydrogen-bond acceptors (Lipinski definition) is 3. The molecule has 2 rings (SSSR count). The van der Waals surface area contributed by atoms with Crippen LogP contribution in [0.15, 0.2) is 53.4 Å². The second kappa shape index (κ2) is 6.02. The van der Waals surface area contributed by atoms with Gasteiger partial charge in [-0.25, -0.2) is 12.8 Å². The number of nitrogens with one attached hydrogen (secondary N) is 1. The molecule has 0 aliphatic carbocycles. The van der Waals surface area contributed by atoms with Crippen molar-refractivity contribution < 1.29 is 12.8 Å². The Bertz CT molecular complexity index is 667. The van der Waals surface area contributed by atoms with Crippen LogP contribution in [0.25, 0.3) is 0 Å². The molecule has 4 nitrogen and oxygen atoms in total. The highest BCUT2D eigenvalue weighted by molar-refractivity contribution is 7.92. The van der Waals surface area contributed by atoms with Crippen molar-refractivity contribution in [2.45, 2.75) is 11.3 Å². The van der Waals surface area contributed by atoms with Crippen molar-refractivity contribution in [1.82, 2.24) is 0 Å². The van der Waals surface area contributed by atoms with E-state index >= 15 is 0 Å². The zero-order valence-electron chi connectivity index (χ0n) is 10.7. The normalized spacial score (nSPS) is 11.3. The van der Waals surface area contributed by atoms with Crippen LogP contribution >= 0.6 is 0 Å². The fourth-order valence-corrected chi connectivity index (χ4v) is 2.79. The minimum atomic E-state index is -3.70. The van der Waals surface area contributed by atoms with Crippen LogP contribution in [0.5, 0.6) is 0 Å². The van der Waals surface area contributed by atoms with E-state index in [1.54, 1.807) is 12.1 Å². The van der Waals surface area contributed by atoms with Gasteiger partial charge in [0.15, 0.2) is 0 Å². The maximum atomic E-state index is 12.8. The first kappa shape index (κ1) is 14.5. The maximum absolute atomic E-state index is 12.8. The van der Waals surface area contributed by atoms with Crippen LogP contribution in [-0.4, -0.2) is 15.0 Å². The molecular weight excluding hydrogens is 279 g/mol. The largest absolute Gasteiger partial charge is 0.330 e. The average Bonchev–Trinajstić information content (AvgIpc) is 2.41. The maximum Gasteiger partial charge on any atom is 0.261 e. The number of anilines is 1. The van der Waals surface area contributed by atoms with Gasteiger partial charge in [-0.05, 0) is 54.9 Å². The molecule has 20 heavy (non-hydrogen) atoms. The van der Waals surface area contributed by atoms with Crippen molar-refractivity contribution in [2.24, 2.45) is 5.73 Å². The van der Waals surface area contributed by atoms with Crippen molar-refractivity contribution in [3.63, 3.8) is 0 Å². The molecule has 0 spiro atoms. The van der Waals surface area contributed by atoms with E-state index in [2.05, 4.69) is 4.72 Å². The SMILES string of the molecule is NCCc1ccc(NS(=O)(=O)c2ccc(F)cc2)cc1. The molecule has 0 aliphatic heterocycles. The lowest BCUT2D eigenvalue weighted by Gasteiger charge is -2.08. The summed E-state index contributed by atoms with van der Waals surface area (Å²) in [6.07, 6.45) is 0.741. The van der Waals surface area contributed by atoms with Crippen LogP contribution in [0, 0.1) is 5.82 Å². The topological polar surface area (TPSA) is 72.2 Å². The third-order valence-electron chi connectivity index (χ3n) is 2.76. The lowest BCUT2D eigenvalue weighted by molar-refractivity contribution is 0.599. The van der Waals surface area contributed by atoms with Crippen LogP contribution in [0.3, 0.4) is 0 Å². The van der Waals surface area contributed by atoms with Crippen molar-refractivity contribution >= 4 is 15.7 Å². The molecule has 0 saturated heterocycles. The van der Waals surface area contributed by atoms with E-state index in [0.29, 0.717) is 12.2 Å². The van der Waals surface area contributed by atoms with Crippen molar-refractivity contribution in [2.75, 3.05) is 11.3 Å². The molecule has 106 valence electrons. The van der Waals surface area contributed by atoms with E-state index < -0.39 is 15.8 Å². The summed E-state index contributed by atoms with van der Waals surface area (Å²) in [7, 11) is -3.70. The molecule has 0 aliphatic rings. The number of hydrogen-bond donors (Lipinski definition) is 2. The summed E-state index contributed by atoms with van der Waals surface area (Å²) < 4.78 is 39.4. The molecule has 0 bridgehead atoms. The highest BCUT2D eigenvalue weighted by Crippen LogP contribution is 2.17. The molecule has 0 amide bonds. The second-order valence-electron chi connectivity index (χ2n) is 4.30. The summed E-state index contributed by atoms with van der Waals surface area (Å²) in [5, 5.41) is 0. The Labute approximate surface area is 117 Å². The van der Waals surface area contributed by atoms with Gasteiger partial charge in [0.1, 0.15) is 5.82 Å². The fourth-order valence-electron chi connectivity index (χ4n) is 1.73. The molecule has 0 atom stereocenters. The van der Waals surface area contributed by atoms with Crippen LogP contribution in [0.4, 0.5) is 10.1 Å². The van der Waals surface area contributed by atoms with Crippen LogP contribution in [-0.2, 0) is 16.4 Å². The fraction of sp³-hybridized carbons (Fsp3) is 0.143. The Morgan fingerprint density at radius 2 is 1.60 bits per heavy atom. The lowest BCUT2D eigenvalue weighted by Crippen LogP contribution is -2.13. The molecule has 2 aromatic carbocycles. The van der Waals surface area contributed by atoms with Crippen LogP contribution < -0.4 is 10.5 Å². The molecule has 0 heterocycles. The summed E-state index contributed by atoms with van der Waals surface area (Å²) in [5.74, 6) is -0.477. The number of sulfonamides is 1. The zero-order valence-corrected chi connectivity index (χ0v) is 11.5. The number of rotatable bonds is 5. The molecule has 0 saturated carbocycles. The van der Waals surface area contributed by atoms with Gasteiger partial charge in [0.05, 0.1) is 4.90 Å². The van der Waals surface area contributed by atoms with E-state index in [0.717, 1.165) is 24.1 Å². The van der Waals surface area contributed by atoms with Gasteiger partial charge in [0, 0.05) is 5.69 Å².